The maximum absolute atomic E-state index is 11.9. The van der Waals surface area contributed by atoms with E-state index in [0.29, 0.717) is 23.7 Å². The van der Waals surface area contributed by atoms with Gasteiger partial charge in [-0.3, -0.25) is 20.4 Å². The predicted molar refractivity (Wildman–Crippen MR) is 85.1 cm³/mol. The Balaban J connectivity index is 1.85. The van der Waals surface area contributed by atoms with E-state index in [1.165, 1.54) is 0 Å². The fourth-order valence-electron chi connectivity index (χ4n) is 2.15. The summed E-state index contributed by atoms with van der Waals surface area (Å²) >= 11 is 0. The molecule has 6 heteroatoms. The molecule has 0 aliphatic rings. The summed E-state index contributed by atoms with van der Waals surface area (Å²) < 4.78 is 10.6. The van der Waals surface area contributed by atoms with Gasteiger partial charge in [0.1, 0.15) is 17.3 Å². The average Bonchev–Trinajstić information content (AvgIpc) is 2.86. The van der Waals surface area contributed by atoms with Crippen LogP contribution in [-0.4, -0.2) is 18.4 Å². The molecule has 23 heavy (non-hydrogen) atoms. The molecular formula is C17H20N2O4. The minimum atomic E-state index is -0.403. The molecule has 2 amide bonds. The van der Waals surface area contributed by atoms with Crippen LogP contribution in [-0.2, 0) is 11.2 Å². The van der Waals surface area contributed by atoms with Crippen molar-refractivity contribution in [2.45, 2.75) is 27.2 Å². The summed E-state index contributed by atoms with van der Waals surface area (Å²) in [6, 6.07) is 8.87. The van der Waals surface area contributed by atoms with Crippen LogP contribution < -0.4 is 15.6 Å². The van der Waals surface area contributed by atoms with Gasteiger partial charge in [-0.25, -0.2) is 0 Å². The predicted octanol–water partition coefficient (Wildman–Crippen LogP) is 2.30. The second kappa shape index (κ2) is 7.49. The molecule has 0 radical (unpaired) electrons. The molecule has 0 bridgehead atoms. The Bertz CT molecular complexity index is 689. The normalized spacial score (nSPS) is 10.2. The van der Waals surface area contributed by atoms with Gasteiger partial charge < -0.3 is 9.15 Å². The molecule has 2 aromatic rings. The van der Waals surface area contributed by atoms with Gasteiger partial charge >= 0.3 is 0 Å². The van der Waals surface area contributed by atoms with Crippen LogP contribution in [0.25, 0.3) is 0 Å². The molecule has 122 valence electrons. The van der Waals surface area contributed by atoms with Gasteiger partial charge in [-0.2, -0.15) is 0 Å². The van der Waals surface area contributed by atoms with Gasteiger partial charge in [0, 0.05) is 0 Å². The van der Waals surface area contributed by atoms with E-state index in [-0.39, 0.29) is 12.3 Å². The molecule has 6 nitrogen and oxygen atoms in total. The average molecular weight is 316 g/mol. The molecule has 1 heterocycles. The van der Waals surface area contributed by atoms with Gasteiger partial charge in [0.05, 0.1) is 18.6 Å². The number of furan rings is 1. The van der Waals surface area contributed by atoms with Crippen molar-refractivity contribution in [2.24, 2.45) is 0 Å². The standard InChI is InChI=1S/C17H20N2O4/c1-4-22-14-7-5-13(6-8-14)10-16(20)18-19-17(21)15-9-11(2)23-12(15)3/h5-9H,4,10H2,1-3H3,(H,18,20)(H,19,21). The molecule has 0 fully saturated rings. The van der Waals surface area contributed by atoms with Crippen LogP contribution in [0.5, 0.6) is 5.75 Å². The number of aryl methyl sites for hydroxylation is 2. The molecule has 2 rings (SSSR count). The lowest BCUT2D eigenvalue weighted by atomic mass is 10.1. The van der Waals surface area contributed by atoms with E-state index < -0.39 is 5.91 Å². The van der Waals surface area contributed by atoms with E-state index in [4.69, 9.17) is 9.15 Å². The van der Waals surface area contributed by atoms with E-state index in [2.05, 4.69) is 10.9 Å². The lowest BCUT2D eigenvalue weighted by molar-refractivity contribution is -0.121. The SMILES string of the molecule is CCOc1ccc(CC(=O)NNC(=O)c2cc(C)oc2C)cc1. The van der Waals surface area contributed by atoms with E-state index in [0.717, 1.165) is 11.3 Å². The minimum Gasteiger partial charge on any atom is -0.494 e. The highest BCUT2D eigenvalue weighted by Gasteiger charge is 2.14. The highest BCUT2D eigenvalue weighted by atomic mass is 16.5. The summed E-state index contributed by atoms with van der Waals surface area (Å²) in [5.74, 6) is 1.21. The quantitative estimate of drug-likeness (QED) is 0.829. The van der Waals surface area contributed by atoms with Gasteiger partial charge in [0.15, 0.2) is 0 Å². The van der Waals surface area contributed by atoms with Crippen molar-refractivity contribution in [1.82, 2.24) is 10.9 Å². The molecule has 0 atom stereocenters. The highest BCUT2D eigenvalue weighted by Crippen LogP contribution is 2.13. The zero-order valence-corrected chi connectivity index (χ0v) is 13.4. The van der Waals surface area contributed by atoms with Crippen LogP contribution >= 0.6 is 0 Å². The molecule has 0 saturated heterocycles. The topological polar surface area (TPSA) is 80.6 Å². The first-order valence-corrected chi connectivity index (χ1v) is 7.37. The van der Waals surface area contributed by atoms with Crippen molar-refractivity contribution in [1.29, 1.82) is 0 Å². The van der Waals surface area contributed by atoms with Crippen LogP contribution in [0.3, 0.4) is 0 Å². The van der Waals surface area contributed by atoms with Crippen LogP contribution in [0.2, 0.25) is 0 Å². The summed E-state index contributed by atoms with van der Waals surface area (Å²) in [7, 11) is 0. The Morgan fingerprint density at radius 3 is 2.39 bits per heavy atom. The third kappa shape index (κ3) is 4.60. The Morgan fingerprint density at radius 2 is 1.83 bits per heavy atom. The fraction of sp³-hybridized carbons (Fsp3) is 0.294. The van der Waals surface area contributed by atoms with Gasteiger partial charge in [0.2, 0.25) is 5.91 Å². The summed E-state index contributed by atoms with van der Waals surface area (Å²) in [5, 5.41) is 0. The van der Waals surface area contributed by atoms with Crippen LogP contribution in [0.15, 0.2) is 34.7 Å². The van der Waals surface area contributed by atoms with Gasteiger partial charge in [0.25, 0.3) is 5.91 Å². The minimum absolute atomic E-state index is 0.163. The first kappa shape index (κ1) is 16.6. The number of amides is 2. The first-order chi connectivity index (χ1) is 11.0. The van der Waals surface area contributed by atoms with Crippen molar-refractivity contribution in [2.75, 3.05) is 6.61 Å². The Kier molecular flexibility index (Phi) is 5.41. The Hall–Kier alpha value is -2.76. The number of carbonyl (C=O) groups excluding carboxylic acids is 2. The van der Waals surface area contributed by atoms with Crippen molar-refractivity contribution in [3.05, 3.63) is 53.0 Å². The number of hydrogen-bond acceptors (Lipinski definition) is 4. The zero-order valence-electron chi connectivity index (χ0n) is 13.4. The van der Waals surface area contributed by atoms with Crippen molar-refractivity contribution < 1.29 is 18.7 Å². The van der Waals surface area contributed by atoms with Crippen LogP contribution in [0, 0.1) is 13.8 Å². The second-order valence-corrected chi connectivity index (χ2v) is 5.08. The molecule has 0 aliphatic carbocycles. The van der Waals surface area contributed by atoms with Gasteiger partial charge in [-0.05, 0) is 44.5 Å². The van der Waals surface area contributed by atoms with E-state index in [1.54, 1.807) is 19.9 Å². The molecule has 1 aromatic heterocycles. The molecule has 0 unspecified atom stereocenters. The number of ether oxygens (including phenoxy) is 1. The molecule has 0 saturated carbocycles. The van der Waals surface area contributed by atoms with Crippen molar-refractivity contribution in [3.8, 4) is 5.75 Å². The summed E-state index contributed by atoms with van der Waals surface area (Å²) in [6.07, 6.45) is 0.163. The molecule has 2 N–H and O–H groups in total. The number of carbonyl (C=O) groups is 2. The summed E-state index contributed by atoms with van der Waals surface area (Å²) in [4.78, 5) is 23.8. The number of hydrazine groups is 1. The van der Waals surface area contributed by atoms with E-state index >= 15 is 0 Å². The van der Waals surface area contributed by atoms with Crippen molar-refractivity contribution >= 4 is 11.8 Å². The lowest BCUT2D eigenvalue weighted by Crippen LogP contribution is -2.42. The third-order valence-electron chi connectivity index (χ3n) is 3.20. The fourth-order valence-corrected chi connectivity index (χ4v) is 2.15. The third-order valence-corrected chi connectivity index (χ3v) is 3.20. The monoisotopic (exact) mass is 316 g/mol. The molecular weight excluding hydrogens is 296 g/mol. The first-order valence-electron chi connectivity index (χ1n) is 7.37. The number of benzene rings is 1. The van der Waals surface area contributed by atoms with Crippen LogP contribution in [0.4, 0.5) is 0 Å². The zero-order chi connectivity index (χ0) is 16.8. The Labute approximate surface area is 134 Å². The number of hydrogen-bond donors (Lipinski definition) is 2. The smallest absolute Gasteiger partial charge is 0.273 e. The largest absolute Gasteiger partial charge is 0.494 e. The maximum Gasteiger partial charge on any atom is 0.273 e. The molecule has 0 spiro atoms. The molecule has 1 aromatic carbocycles. The highest BCUT2D eigenvalue weighted by molar-refractivity contribution is 5.96. The van der Waals surface area contributed by atoms with Crippen LogP contribution in [0.1, 0.15) is 34.4 Å². The van der Waals surface area contributed by atoms with Gasteiger partial charge in [-0.1, -0.05) is 12.1 Å². The molecule has 0 aliphatic heterocycles. The lowest BCUT2D eigenvalue weighted by Gasteiger charge is -2.08. The summed E-state index contributed by atoms with van der Waals surface area (Å²) in [6.45, 7) is 5.96. The van der Waals surface area contributed by atoms with E-state index in [1.807, 2.05) is 31.2 Å². The Morgan fingerprint density at radius 1 is 1.13 bits per heavy atom. The number of rotatable bonds is 5. The van der Waals surface area contributed by atoms with Crippen molar-refractivity contribution in [3.63, 3.8) is 0 Å². The van der Waals surface area contributed by atoms with Gasteiger partial charge in [-0.15, -0.1) is 0 Å². The second-order valence-electron chi connectivity index (χ2n) is 5.08. The maximum atomic E-state index is 11.9. The van der Waals surface area contributed by atoms with E-state index in [9.17, 15) is 9.59 Å². The number of nitrogens with one attached hydrogen (secondary N) is 2. The summed E-state index contributed by atoms with van der Waals surface area (Å²) in [5.41, 5.74) is 6.01.